The summed E-state index contributed by atoms with van der Waals surface area (Å²) in [6, 6.07) is 7.36. The van der Waals surface area contributed by atoms with Crippen molar-refractivity contribution in [2.75, 3.05) is 20.0 Å². The van der Waals surface area contributed by atoms with Crippen LogP contribution in [0.1, 0.15) is 5.56 Å². The maximum Gasteiger partial charge on any atom is 0.161 e. The van der Waals surface area contributed by atoms with Gasteiger partial charge >= 0.3 is 0 Å². The second-order valence-corrected chi connectivity index (χ2v) is 3.93. The first-order valence-corrected chi connectivity index (χ1v) is 5.77. The van der Waals surface area contributed by atoms with Crippen molar-refractivity contribution in [3.63, 3.8) is 0 Å². The molecule has 0 aliphatic heterocycles. The quantitative estimate of drug-likeness (QED) is 0.893. The molecule has 2 N–H and O–H groups in total. The number of methoxy groups -OCH3 is 2. The van der Waals surface area contributed by atoms with Gasteiger partial charge in [-0.25, -0.2) is 0 Å². The van der Waals surface area contributed by atoms with Gasteiger partial charge in [0.15, 0.2) is 11.5 Å². The minimum absolute atomic E-state index is 0.408. The first kappa shape index (κ1) is 13.0. The fourth-order valence-corrected chi connectivity index (χ4v) is 1.65. The Balaban J connectivity index is 2.07. The van der Waals surface area contributed by atoms with E-state index in [1.165, 1.54) is 0 Å². The summed E-state index contributed by atoms with van der Waals surface area (Å²) in [6.07, 6.45) is 3.19. The average Bonchev–Trinajstić information content (AvgIpc) is 2.45. The Morgan fingerprint density at radius 3 is 2.53 bits per heavy atom. The van der Waals surface area contributed by atoms with Crippen LogP contribution in [0.25, 0.3) is 0 Å². The van der Waals surface area contributed by atoms with E-state index in [1.54, 1.807) is 32.7 Å². The SMILES string of the molecule is COc1ccc(COc2cncc(N)c2)cc1OC. The number of rotatable bonds is 5. The lowest BCUT2D eigenvalue weighted by molar-refractivity contribution is 0.303. The molecule has 0 atom stereocenters. The van der Waals surface area contributed by atoms with Crippen LogP contribution in [0, 0.1) is 0 Å². The van der Waals surface area contributed by atoms with Gasteiger partial charge in [0.1, 0.15) is 12.4 Å². The monoisotopic (exact) mass is 260 g/mol. The molecular formula is C14H16N2O3. The molecule has 0 aliphatic carbocycles. The third-order valence-corrected chi connectivity index (χ3v) is 2.59. The molecule has 0 spiro atoms. The highest BCUT2D eigenvalue weighted by atomic mass is 16.5. The standard InChI is InChI=1S/C14H16N2O3/c1-17-13-4-3-10(5-14(13)18-2)9-19-12-6-11(15)7-16-8-12/h3-8H,9,15H2,1-2H3. The average molecular weight is 260 g/mol. The molecule has 0 aliphatic rings. The number of hydrogen-bond donors (Lipinski definition) is 1. The van der Waals surface area contributed by atoms with Crippen molar-refractivity contribution in [2.24, 2.45) is 0 Å². The Labute approximate surface area is 111 Å². The van der Waals surface area contributed by atoms with Crippen molar-refractivity contribution in [1.82, 2.24) is 4.98 Å². The Bertz CT molecular complexity index is 558. The van der Waals surface area contributed by atoms with Gasteiger partial charge < -0.3 is 19.9 Å². The molecule has 0 saturated carbocycles. The fourth-order valence-electron chi connectivity index (χ4n) is 1.65. The van der Waals surface area contributed by atoms with E-state index in [0.717, 1.165) is 5.56 Å². The Hall–Kier alpha value is -2.43. The number of hydrogen-bond acceptors (Lipinski definition) is 5. The van der Waals surface area contributed by atoms with E-state index in [-0.39, 0.29) is 0 Å². The molecule has 2 aromatic rings. The van der Waals surface area contributed by atoms with Gasteiger partial charge in [0.05, 0.1) is 32.3 Å². The molecule has 0 amide bonds. The van der Waals surface area contributed by atoms with Crippen LogP contribution in [0.5, 0.6) is 17.2 Å². The Morgan fingerprint density at radius 2 is 1.84 bits per heavy atom. The zero-order chi connectivity index (χ0) is 13.7. The number of nitrogens with zero attached hydrogens (tertiary/aromatic N) is 1. The molecule has 0 radical (unpaired) electrons. The van der Waals surface area contributed by atoms with Crippen molar-refractivity contribution in [3.05, 3.63) is 42.2 Å². The molecule has 100 valence electrons. The number of nitrogen functional groups attached to an aromatic ring is 1. The summed E-state index contributed by atoms with van der Waals surface area (Å²) in [6.45, 7) is 0.408. The minimum atomic E-state index is 0.408. The van der Waals surface area contributed by atoms with Gasteiger partial charge in [-0.15, -0.1) is 0 Å². The Morgan fingerprint density at radius 1 is 1.05 bits per heavy atom. The molecule has 0 bridgehead atoms. The van der Waals surface area contributed by atoms with Crippen molar-refractivity contribution in [1.29, 1.82) is 0 Å². The third kappa shape index (κ3) is 3.28. The highest BCUT2D eigenvalue weighted by Gasteiger charge is 2.05. The second-order valence-electron chi connectivity index (χ2n) is 3.93. The maximum atomic E-state index is 5.63. The smallest absolute Gasteiger partial charge is 0.161 e. The summed E-state index contributed by atoms with van der Waals surface area (Å²) in [5.41, 5.74) is 7.18. The molecule has 1 aromatic heterocycles. The molecule has 5 nitrogen and oxygen atoms in total. The van der Waals surface area contributed by atoms with Crippen LogP contribution in [0.4, 0.5) is 5.69 Å². The molecule has 0 saturated heterocycles. The van der Waals surface area contributed by atoms with E-state index in [2.05, 4.69) is 4.98 Å². The van der Waals surface area contributed by atoms with Gasteiger partial charge in [-0.3, -0.25) is 4.98 Å². The zero-order valence-corrected chi connectivity index (χ0v) is 10.9. The lowest BCUT2D eigenvalue weighted by Gasteiger charge is -2.10. The van der Waals surface area contributed by atoms with Crippen LogP contribution in [0.3, 0.4) is 0 Å². The van der Waals surface area contributed by atoms with Gasteiger partial charge in [0.2, 0.25) is 0 Å². The summed E-state index contributed by atoms with van der Waals surface area (Å²) in [4.78, 5) is 3.96. The summed E-state index contributed by atoms with van der Waals surface area (Å²) < 4.78 is 16.0. The zero-order valence-electron chi connectivity index (χ0n) is 10.9. The number of pyridine rings is 1. The second kappa shape index (κ2) is 5.95. The van der Waals surface area contributed by atoms with Crippen molar-refractivity contribution in [2.45, 2.75) is 6.61 Å². The van der Waals surface area contributed by atoms with Crippen molar-refractivity contribution < 1.29 is 14.2 Å². The fraction of sp³-hybridized carbons (Fsp3) is 0.214. The van der Waals surface area contributed by atoms with Gasteiger partial charge in [0, 0.05) is 6.07 Å². The molecular weight excluding hydrogens is 244 g/mol. The van der Waals surface area contributed by atoms with Gasteiger partial charge in [0.25, 0.3) is 0 Å². The van der Waals surface area contributed by atoms with Crippen LogP contribution in [-0.4, -0.2) is 19.2 Å². The van der Waals surface area contributed by atoms with E-state index in [0.29, 0.717) is 29.5 Å². The van der Waals surface area contributed by atoms with Crippen molar-refractivity contribution in [3.8, 4) is 17.2 Å². The lowest BCUT2D eigenvalue weighted by Crippen LogP contribution is -1.98. The van der Waals surface area contributed by atoms with E-state index < -0.39 is 0 Å². The predicted octanol–water partition coefficient (Wildman–Crippen LogP) is 2.26. The molecule has 19 heavy (non-hydrogen) atoms. The molecule has 5 heteroatoms. The van der Waals surface area contributed by atoms with E-state index in [1.807, 2.05) is 18.2 Å². The van der Waals surface area contributed by atoms with Crippen LogP contribution in [0.15, 0.2) is 36.7 Å². The summed E-state index contributed by atoms with van der Waals surface area (Å²) in [5, 5.41) is 0. The van der Waals surface area contributed by atoms with Gasteiger partial charge in [-0.2, -0.15) is 0 Å². The van der Waals surface area contributed by atoms with Crippen molar-refractivity contribution >= 4 is 5.69 Å². The number of benzene rings is 1. The summed E-state index contributed by atoms with van der Waals surface area (Å²) in [5.74, 6) is 2.00. The number of nitrogens with two attached hydrogens (primary N) is 1. The van der Waals surface area contributed by atoms with Crippen LogP contribution in [0.2, 0.25) is 0 Å². The first-order chi connectivity index (χ1) is 9.22. The number of aromatic nitrogens is 1. The number of ether oxygens (including phenoxy) is 3. The predicted molar refractivity (Wildman–Crippen MR) is 72.5 cm³/mol. The summed E-state index contributed by atoms with van der Waals surface area (Å²) >= 11 is 0. The van der Waals surface area contributed by atoms with Gasteiger partial charge in [-0.05, 0) is 17.7 Å². The molecule has 1 heterocycles. The number of anilines is 1. The highest BCUT2D eigenvalue weighted by molar-refractivity contribution is 5.43. The largest absolute Gasteiger partial charge is 0.493 e. The lowest BCUT2D eigenvalue weighted by atomic mass is 10.2. The molecule has 1 aromatic carbocycles. The molecule has 0 fully saturated rings. The third-order valence-electron chi connectivity index (χ3n) is 2.59. The summed E-state index contributed by atoms with van der Waals surface area (Å²) in [7, 11) is 3.21. The van der Waals surface area contributed by atoms with Crippen LogP contribution < -0.4 is 19.9 Å². The Kier molecular flexibility index (Phi) is 4.07. The molecule has 0 unspecified atom stereocenters. The maximum absolute atomic E-state index is 5.63. The van der Waals surface area contributed by atoms with Crippen LogP contribution >= 0.6 is 0 Å². The normalized spacial score (nSPS) is 10.0. The van der Waals surface area contributed by atoms with E-state index in [4.69, 9.17) is 19.9 Å². The highest BCUT2D eigenvalue weighted by Crippen LogP contribution is 2.28. The topological polar surface area (TPSA) is 66.6 Å². The van der Waals surface area contributed by atoms with Gasteiger partial charge in [-0.1, -0.05) is 6.07 Å². The first-order valence-electron chi connectivity index (χ1n) is 5.77. The van der Waals surface area contributed by atoms with Crippen LogP contribution in [-0.2, 0) is 6.61 Å². The molecule has 2 rings (SSSR count). The minimum Gasteiger partial charge on any atom is -0.493 e. The van der Waals surface area contributed by atoms with E-state index in [9.17, 15) is 0 Å². The van der Waals surface area contributed by atoms with E-state index >= 15 is 0 Å².